The van der Waals surface area contributed by atoms with Gasteiger partial charge in [0.1, 0.15) is 0 Å². The number of nitrogens with zero attached hydrogens (tertiary/aromatic N) is 1. The van der Waals surface area contributed by atoms with Crippen LogP contribution < -0.4 is 0 Å². The molecule has 0 aromatic rings. The van der Waals surface area contributed by atoms with Gasteiger partial charge < -0.3 is 10.2 Å². The summed E-state index contributed by atoms with van der Waals surface area (Å²) in [5, 5.41) is 20.9. The molecule has 1 heterocycles. The lowest BCUT2D eigenvalue weighted by Gasteiger charge is -2.41. The molecule has 3 nitrogen and oxygen atoms in total. The Labute approximate surface area is 111 Å². The van der Waals surface area contributed by atoms with Crippen molar-refractivity contribution in [3.05, 3.63) is 0 Å². The van der Waals surface area contributed by atoms with Crippen LogP contribution in [0.4, 0.5) is 0 Å². The quantitative estimate of drug-likeness (QED) is 0.812. The molecule has 1 aliphatic heterocycles. The highest BCUT2D eigenvalue weighted by molar-refractivity contribution is 4.95. The molecular weight excluding hydrogens is 226 g/mol. The predicted octanol–water partition coefficient (Wildman–Crippen LogP) is 2.16. The van der Waals surface area contributed by atoms with E-state index in [-0.39, 0.29) is 6.04 Å². The molecule has 2 aliphatic rings. The number of likely N-dealkylation sites (tertiary alicyclic amines) is 1. The summed E-state index contributed by atoms with van der Waals surface area (Å²) in [6.07, 6.45) is 6.30. The Hall–Kier alpha value is -0.120. The third-order valence-electron chi connectivity index (χ3n) is 4.88. The van der Waals surface area contributed by atoms with E-state index in [9.17, 15) is 10.2 Å². The van der Waals surface area contributed by atoms with E-state index < -0.39 is 11.2 Å². The van der Waals surface area contributed by atoms with E-state index in [1.165, 1.54) is 0 Å². The minimum atomic E-state index is -0.658. The van der Waals surface area contributed by atoms with Crippen molar-refractivity contribution < 1.29 is 10.2 Å². The second-order valence-electron chi connectivity index (χ2n) is 7.19. The summed E-state index contributed by atoms with van der Waals surface area (Å²) in [6, 6.07) is 0.209. The third kappa shape index (κ3) is 3.25. The lowest BCUT2D eigenvalue weighted by Crippen LogP contribution is -2.52. The van der Waals surface area contributed by atoms with E-state index in [1.807, 2.05) is 13.8 Å². The first-order chi connectivity index (χ1) is 8.30. The molecule has 1 atom stereocenters. The minimum absolute atomic E-state index is 0.209. The zero-order valence-electron chi connectivity index (χ0n) is 12.2. The zero-order valence-corrected chi connectivity index (χ0v) is 12.2. The first kappa shape index (κ1) is 14.3. The van der Waals surface area contributed by atoms with Gasteiger partial charge in [0.2, 0.25) is 0 Å². The molecule has 0 bridgehead atoms. The molecule has 1 aliphatic carbocycles. The first-order valence-electron chi connectivity index (χ1n) is 7.49. The Morgan fingerprint density at radius 2 is 1.83 bits per heavy atom. The van der Waals surface area contributed by atoms with E-state index in [4.69, 9.17) is 0 Å². The van der Waals surface area contributed by atoms with E-state index in [0.29, 0.717) is 0 Å². The summed E-state index contributed by atoms with van der Waals surface area (Å²) >= 11 is 0. The summed E-state index contributed by atoms with van der Waals surface area (Å²) in [5.41, 5.74) is -1.17. The standard InChI is InChI=1S/C15H29NO2/c1-12-6-8-15(18,9-7-12)11-16-10-4-5-13(16)14(2,3)17/h12-13,17-18H,4-11H2,1-3H3. The highest BCUT2D eigenvalue weighted by Crippen LogP contribution is 2.35. The Bertz CT molecular complexity index is 277. The van der Waals surface area contributed by atoms with Gasteiger partial charge in [-0.1, -0.05) is 6.92 Å². The fraction of sp³-hybridized carbons (Fsp3) is 1.00. The molecule has 2 N–H and O–H groups in total. The molecule has 0 aromatic heterocycles. The van der Waals surface area contributed by atoms with Gasteiger partial charge in [-0.05, 0) is 64.8 Å². The van der Waals surface area contributed by atoms with Crippen LogP contribution in [0.25, 0.3) is 0 Å². The van der Waals surface area contributed by atoms with Crippen molar-refractivity contribution in [2.24, 2.45) is 5.92 Å². The van der Waals surface area contributed by atoms with Gasteiger partial charge in [-0.2, -0.15) is 0 Å². The summed E-state index contributed by atoms with van der Waals surface area (Å²) in [4.78, 5) is 2.32. The largest absolute Gasteiger partial charge is 0.389 e. The van der Waals surface area contributed by atoms with Crippen molar-refractivity contribution in [2.45, 2.75) is 76.5 Å². The molecule has 106 valence electrons. The Balaban J connectivity index is 1.96. The molecule has 0 aromatic carbocycles. The van der Waals surface area contributed by atoms with Crippen LogP contribution in [-0.4, -0.2) is 45.4 Å². The van der Waals surface area contributed by atoms with E-state index in [0.717, 1.165) is 57.5 Å². The average Bonchev–Trinajstić information content (AvgIpc) is 2.70. The highest BCUT2D eigenvalue weighted by Gasteiger charge is 2.41. The van der Waals surface area contributed by atoms with E-state index in [2.05, 4.69) is 11.8 Å². The maximum Gasteiger partial charge on any atom is 0.0774 e. The fourth-order valence-corrected chi connectivity index (χ4v) is 3.65. The Morgan fingerprint density at radius 1 is 1.22 bits per heavy atom. The van der Waals surface area contributed by atoms with Gasteiger partial charge in [0, 0.05) is 12.6 Å². The van der Waals surface area contributed by atoms with Crippen molar-refractivity contribution in [1.29, 1.82) is 0 Å². The molecule has 18 heavy (non-hydrogen) atoms. The molecule has 1 saturated heterocycles. The van der Waals surface area contributed by atoms with Crippen LogP contribution >= 0.6 is 0 Å². The summed E-state index contributed by atoms with van der Waals surface area (Å²) in [7, 11) is 0. The maximum atomic E-state index is 10.7. The van der Waals surface area contributed by atoms with Gasteiger partial charge in [-0.3, -0.25) is 4.90 Å². The molecule has 2 rings (SSSR count). The predicted molar refractivity (Wildman–Crippen MR) is 73.5 cm³/mol. The average molecular weight is 255 g/mol. The van der Waals surface area contributed by atoms with Crippen LogP contribution in [0.1, 0.15) is 59.3 Å². The molecule has 0 radical (unpaired) electrons. The fourth-order valence-electron chi connectivity index (χ4n) is 3.65. The molecule has 1 unspecified atom stereocenters. The van der Waals surface area contributed by atoms with Crippen LogP contribution in [0.2, 0.25) is 0 Å². The maximum absolute atomic E-state index is 10.7. The van der Waals surface area contributed by atoms with Crippen molar-refractivity contribution in [2.75, 3.05) is 13.1 Å². The van der Waals surface area contributed by atoms with Crippen molar-refractivity contribution >= 4 is 0 Å². The van der Waals surface area contributed by atoms with Gasteiger partial charge in [-0.25, -0.2) is 0 Å². The molecule has 0 amide bonds. The molecule has 3 heteroatoms. The van der Waals surface area contributed by atoms with Crippen LogP contribution in [0.15, 0.2) is 0 Å². The van der Waals surface area contributed by atoms with Crippen LogP contribution in [0, 0.1) is 5.92 Å². The summed E-state index contributed by atoms with van der Waals surface area (Å²) < 4.78 is 0. The Morgan fingerprint density at radius 3 is 2.39 bits per heavy atom. The SMILES string of the molecule is CC1CCC(O)(CN2CCCC2C(C)(C)O)CC1. The van der Waals surface area contributed by atoms with Gasteiger partial charge in [0.15, 0.2) is 0 Å². The summed E-state index contributed by atoms with van der Waals surface area (Å²) in [5.74, 6) is 0.758. The van der Waals surface area contributed by atoms with Crippen LogP contribution in [0.3, 0.4) is 0 Å². The smallest absolute Gasteiger partial charge is 0.0774 e. The van der Waals surface area contributed by atoms with E-state index in [1.54, 1.807) is 0 Å². The third-order valence-corrected chi connectivity index (χ3v) is 4.88. The number of hydrogen-bond donors (Lipinski definition) is 2. The van der Waals surface area contributed by atoms with Gasteiger partial charge >= 0.3 is 0 Å². The topological polar surface area (TPSA) is 43.7 Å². The molecule has 1 saturated carbocycles. The van der Waals surface area contributed by atoms with Gasteiger partial charge in [-0.15, -0.1) is 0 Å². The molecule has 2 fully saturated rings. The second kappa shape index (κ2) is 5.10. The molecule has 0 spiro atoms. The van der Waals surface area contributed by atoms with Crippen molar-refractivity contribution in [3.63, 3.8) is 0 Å². The van der Waals surface area contributed by atoms with Crippen molar-refractivity contribution in [1.82, 2.24) is 4.90 Å². The first-order valence-corrected chi connectivity index (χ1v) is 7.49. The number of aliphatic hydroxyl groups is 2. The Kier molecular flexibility index (Phi) is 4.05. The van der Waals surface area contributed by atoms with Gasteiger partial charge in [0.25, 0.3) is 0 Å². The normalized spacial score (nSPS) is 39.2. The van der Waals surface area contributed by atoms with Crippen molar-refractivity contribution in [3.8, 4) is 0 Å². The number of hydrogen-bond acceptors (Lipinski definition) is 3. The molecular formula is C15H29NO2. The lowest BCUT2D eigenvalue weighted by molar-refractivity contribution is -0.0655. The van der Waals surface area contributed by atoms with Crippen LogP contribution in [-0.2, 0) is 0 Å². The summed E-state index contributed by atoms with van der Waals surface area (Å²) in [6.45, 7) is 7.82. The van der Waals surface area contributed by atoms with E-state index >= 15 is 0 Å². The number of β-amino-alcohol motifs (C(OH)–C–C–N with tert-alkyl or cyclic N) is 1. The van der Waals surface area contributed by atoms with Gasteiger partial charge in [0.05, 0.1) is 11.2 Å². The monoisotopic (exact) mass is 255 g/mol. The number of rotatable bonds is 3. The minimum Gasteiger partial charge on any atom is -0.389 e. The lowest BCUT2D eigenvalue weighted by atomic mass is 9.79. The second-order valence-corrected chi connectivity index (χ2v) is 7.19. The van der Waals surface area contributed by atoms with Crippen LogP contribution in [0.5, 0.6) is 0 Å². The highest BCUT2D eigenvalue weighted by atomic mass is 16.3. The zero-order chi connectivity index (χ0) is 13.4.